The number of anilines is 1. The topological polar surface area (TPSA) is 49.9 Å². The maximum Gasteiger partial charge on any atom is 0.409 e. The van der Waals surface area contributed by atoms with Gasteiger partial charge in [0.2, 0.25) is 5.91 Å². The van der Waals surface area contributed by atoms with Gasteiger partial charge in [-0.1, -0.05) is 18.2 Å². The van der Waals surface area contributed by atoms with Crippen molar-refractivity contribution in [3.05, 3.63) is 29.8 Å². The third kappa shape index (κ3) is 2.56. The molecule has 0 bridgehead atoms. The molecule has 0 radical (unpaired) electrons. The Morgan fingerprint density at radius 3 is 2.82 bits per heavy atom. The molecule has 5 heteroatoms. The van der Waals surface area contributed by atoms with E-state index in [0.717, 1.165) is 24.9 Å². The fourth-order valence-electron chi connectivity index (χ4n) is 3.57. The molecule has 1 aromatic carbocycles. The highest BCUT2D eigenvalue weighted by Crippen LogP contribution is 2.34. The molecule has 22 heavy (non-hydrogen) atoms. The first kappa shape index (κ1) is 14.9. The highest BCUT2D eigenvalue weighted by Gasteiger charge is 2.37. The molecule has 1 aromatic rings. The number of rotatable bonds is 1. The number of hydrogen-bond acceptors (Lipinski definition) is 3. The minimum atomic E-state index is -0.340. The first-order valence-electron chi connectivity index (χ1n) is 7.85. The minimum absolute atomic E-state index is 0.131. The molecule has 0 spiro atoms. The van der Waals surface area contributed by atoms with E-state index in [4.69, 9.17) is 4.74 Å². The molecule has 0 N–H and O–H groups in total. The van der Waals surface area contributed by atoms with Crippen molar-refractivity contribution in [2.24, 2.45) is 5.92 Å². The van der Waals surface area contributed by atoms with Crippen LogP contribution in [-0.4, -0.2) is 43.1 Å². The smallest absolute Gasteiger partial charge is 0.409 e. The Labute approximate surface area is 130 Å². The Bertz CT molecular complexity index is 587. The van der Waals surface area contributed by atoms with Crippen LogP contribution in [0.15, 0.2) is 24.3 Å². The average molecular weight is 302 g/mol. The number of hydrogen-bond donors (Lipinski definition) is 0. The average Bonchev–Trinajstić information content (AvgIpc) is 2.89. The molecule has 0 aromatic heterocycles. The number of carbonyl (C=O) groups is 2. The summed E-state index contributed by atoms with van der Waals surface area (Å²) in [4.78, 5) is 28.2. The van der Waals surface area contributed by atoms with Crippen molar-refractivity contribution in [3.8, 4) is 0 Å². The van der Waals surface area contributed by atoms with Crippen LogP contribution in [0.5, 0.6) is 0 Å². The molecular formula is C17H22N2O3. The number of carbonyl (C=O) groups excluding carboxylic acids is 2. The highest BCUT2D eigenvalue weighted by molar-refractivity contribution is 5.98. The van der Waals surface area contributed by atoms with E-state index in [1.54, 1.807) is 4.90 Å². The second-order valence-electron chi connectivity index (χ2n) is 6.15. The number of amides is 2. The molecule has 2 aliphatic heterocycles. The third-order valence-corrected chi connectivity index (χ3v) is 4.65. The van der Waals surface area contributed by atoms with Crippen molar-refractivity contribution in [2.75, 3.05) is 25.1 Å². The van der Waals surface area contributed by atoms with Gasteiger partial charge in [0.05, 0.1) is 13.0 Å². The van der Waals surface area contributed by atoms with Crippen molar-refractivity contribution in [1.82, 2.24) is 4.90 Å². The van der Waals surface area contributed by atoms with Gasteiger partial charge in [-0.3, -0.25) is 4.79 Å². The summed E-state index contributed by atoms with van der Waals surface area (Å²) in [7, 11) is 1.38. The van der Waals surface area contributed by atoms with Crippen molar-refractivity contribution in [3.63, 3.8) is 0 Å². The third-order valence-electron chi connectivity index (χ3n) is 4.65. The predicted octanol–water partition coefficient (Wildman–Crippen LogP) is 2.44. The maximum atomic E-state index is 13.0. The summed E-state index contributed by atoms with van der Waals surface area (Å²) in [6.45, 7) is 3.21. The van der Waals surface area contributed by atoms with Gasteiger partial charge in [0.25, 0.3) is 0 Å². The first-order chi connectivity index (χ1) is 10.6. The molecule has 1 saturated heterocycles. The van der Waals surface area contributed by atoms with Gasteiger partial charge in [-0.2, -0.15) is 0 Å². The monoisotopic (exact) mass is 302 g/mol. The lowest BCUT2D eigenvalue weighted by molar-refractivity contribution is -0.124. The largest absolute Gasteiger partial charge is 0.453 e. The highest BCUT2D eigenvalue weighted by atomic mass is 16.5. The Kier molecular flexibility index (Phi) is 4.05. The van der Waals surface area contributed by atoms with E-state index >= 15 is 0 Å². The number of methoxy groups -OCH3 is 1. The molecule has 118 valence electrons. The predicted molar refractivity (Wildman–Crippen MR) is 83.8 cm³/mol. The van der Waals surface area contributed by atoms with Gasteiger partial charge in [0.15, 0.2) is 0 Å². The molecule has 2 unspecified atom stereocenters. The quantitative estimate of drug-likeness (QED) is 0.800. The van der Waals surface area contributed by atoms with E-state index in [2.05, 4.69) is 13.0 Å². The van der Waals surface area contributed by atoms with Crippen LogP contribution in [0.2, 0.25) is 0 Å². The lowest BCUT2D eigenvalue weighted by Crippen LogP contribution is -2.48. The molecule has 2 amide bonds. The number of benzene rings is 1. The van der Waals surface area contributed by atoms with Crippen LogP contribution < -0.4 is 4.90 Å². The van der Waals surface area contributed by atoms with Crippen molar-refractivity contribution in [1.29, 1.82) is 0 Å². The van der Waals surface area contributed by atoms with Crippen molar-refractivity contribution < 1.29 is 14.3 Å². The van der Waals surface area contributed by atoms with Gasteiger partial charge in [0.1, 0.15) is 0 Å². The Balaban J connectivity index is 1.78. The van der Waals surface area contributed by atoms with Crippen LogP contribution >= 0.6 is 0 Å². The molecule has 0 aliphatic carbocycles. The fourth-order valence-corrected chi connectivity index (χ4v) is 3.57. The number of piperidine rings is 1. The number of fused-ring (bicyclic) bond motifs is 1. The van der Waals surface area contributed by atoms with E-state index < -0.39 is 0 Å². The van der Waals surface area contributed by atoms with E-state index in [1.165, 1.54) is 12.7 Å². The first-order valence-corrected chi connectivity index (χ1v) is 7.85. The fraction of sp³-hybridized carbons (Fsp3) is 0.529. The molecule has 0 saturated carbocycles. The van der Waals surface area contributed by atoms with E-state index in [0.29, 0.717) is 13.1 Å². The van der Waals surface area contributed by atoms with Gasteiger partial charge in [-0.25, -0.2) is 4.79 Å². The Morgan fingerprint density at radius 2 is 2.05 bits per heavy atom. The minimum Gasteiger partial charge on any atom is -0.453 e. The molecular weight excluding hydrogens is 280 g/mol. The van der Waals surface area contributed by atoms with Gasteiger partial charge in [0, 0.05) is 24.8 Å². The van der Waals surface area contributed by atoms with Crippen LogP contribution in [-0.2, 0) is 16.0 Å². The number of likely N-dealkylation sites (tertiary alicyclic amines) is 1. The SMILES string of the molecule is COC(=O)N1CCCC(C(=O)N2c3ccccc3CC2C)C1. The Hall–Kier alpha value is -2.04. The summed E-state index contributed by atoms with van der Waals surface area (Å²) in [6, 6.07) is 8.26. The van der Waals surface area contributed by atoms with Gasteiger partial charge < -0.3 is 14.5 Å². The number of para-hydroxylation sites is 1. The van der Waals surface area contributed by atoms with Crippen LogP contribution in [0.3, 0.4) is 0 Å². The van der Waals surface area contributed by atoms with Crippen molar-refractivity contribution >= 4 is 17.7 Å². The van der Waals surface area contributed by atoms with Crippen LogP contribution in [0.1, 0.15) is 25.3 Å². The lowest BCUT2D eigenvalue weighted by atomic mass is 9.96. The molecule has 3 rings (SSSR count). The van der Waals surface area contributed by atoms with E-state index in [-0.39, 0.29) is 24.0 Å². The number of nitrogens with zero attached hydrogens (tertiary/aromatic N) is 2. The van der Waals surface area contributed by atoms with E-state index in [9.17, 15) is 9.59 Å². The summed E-state index contributed by atoms with van der Waals surface area (Å²) in [5.41, 5.74) is 2.25. The van der Waals surface area contributed by atoms with E-state index in [1.807, 2.05) is 23.1 Å². The molecule has 2 heterocycles. The van der Waals surface area contributed by atoms with Crippen molar-refractivity contribution in [2.45, 2.75) is 32.2 Å². The summed E-state index contributed by atoms with van der Waals surface area (Å²) in [5, 5.41) is 0. The Morgan fingerprint density at radius 1 is 1.27 bits per heavy atom. The summed E-state index contributed by atoms with van der Waals surface area (Å²) in [6.07, 6.45) is 2.23. The van der Waals surface area contributed by atoms with Gasteiger partial charge in [-0.15, -0.1) is 0 Å². The molecule has 2 atom stereocenters. The van der Waals surface area contributed by atoms with Gasteiger partial charge in [-0.05, 0) is 37.8 Å². The zero-order valence-corrected chi connectivity index (χ0v) is 13.1. The van der Waals surface area contributed by atoms with Crippen LogP contribution in [0.4, 0.5) is 10.5 Å². The second kappa shape index (κ2) is 5.99. The summed E-state index contributed by atoms with van der Waals surface area (Å²) >= 11 is 0. The zero-order chi connectivity index (χ0) is 15.7. The lowest BCUT2D eigenvalue weighted by Gasteiger charge is -2.34. The van der Waals surface area contributed by atoms with Crippen LogP contribution in [0.25, 0.3) is 0 Å². The molecule has 5 nitrogen and oxygen atoms in total. The van der Waals surface area contributed by atoms with Crippen LogP contribution in [0, 0.1) is 5.92 Å². The second-order valence-corrected chi connectivity index (χ2v) is 6.15. The summed E-state index contributed by atoms with van der Waals surface area (Å²) in [5.74, 6) is -0.00694. The summed E-state index contributed by atoms with van der Waals surface area (Å²) < 4.78 is 4.78. The maximum absolute atomic E-state index is 13.0. The molecule has 1 fully saturated rings. The standard InChI is InChI=1S/C17H22N2O3/c1-12-10-13-6-3-4-8-15(13)19(12)16(20)14-7-5-9-18(11-14)17(21)22-2/h3-4,6,8,12,14H,5,7,9-11H2,1-2H3. The molecule has 2 aliphatic rings. The van der Waals surface area contributed by atoms with Gasteiger partial charge >= 0.3 is 6.09 Å². The zero-order valence-electron chi connectivity index (χ0n) is 13.1. The number of ether oxygens (including phenoxy) is 1. The normalized spacial score (nSPS) is 24.1.